The molecule has 0 atom stereocenters. The number of hydrogen-bond donors (Lipinski definition) is 1. The van der Waals surface area contributed by atoms with Crippen molar-refractivity contribution in [1.82, 2.24) is 0 Å². The van der Waals surface area contributed by atoms with E-state index in [1.54, 1.807) is 0 Å². The van der Waals surface area contributed by atoms with Crippen LogP contribution in [0.1, 0.15) is 26.7 Å². The highest BCUT2D eigenvalue weighted by molar-refractivity contribution is 7.98. The lowest BCUT2D eigenvalue weighted by Gasteiger charge is -2.30. The van der Waals surface area contributed by atoms with Gasteiger partial charge in [0.1, 0.15) is 0 Å². The van der Waals surface area contributed by atoms with E-state index in [1.807, 2.05) is 11.8 Å². The Hall–Kier alpha value is 0.310. The molecule has 0 spiro atoms. The first-order valence-corrected chi connectivity index (χ1v) is 5.19. The lowest BCUT2D eigenvalue weighted by Crippen LogP contribution is -2.41. The summed E-state index contributed by atoms with van der Waals surface area (Å²) in [5, 5.41) is 0. The second-order valence-corrected chi connectivity index (χ2v) is 4.84. The molecule has 2 heteroatoms. The van der Waals surface area contributed by atoms with Crippen molar-refractivity contribution in [2.24, 2.45) is 11.1 Å². The standard InChI is InChI=1S/C8H17NS/c1-7(2,6-10-3)8(9)4-5-8/h4-6,9H2,1-3H3. The molecule has 1 aliphatic carbocycles. The molecule has 0 aromatic heterocycles. The summed E-state index contributed by atoms with van der Waals surface area (Å²) >= 11 is 1.90. The molecule has 0 aromatic rings. The third-order valence-electron chi connectivity index (χ3n) is 2.64. The van der Waals surface area contributed by atoms with Crippen molar-refractivity contribution in [3.63, 3.8) is 0 Å². The molecule has 0 aromatic carbocycles. The summed E-state index contributed by atoms with van der Waals surface area (Å²) in [6, 6.07) is 0. The van der Waals surface area contributed by atoms with Crippen molar-refractivity contribution in [3.8, 4) is 0 Å². The molecule has 0 saturated heterocycles. The van der Waals surface area contributed by atoms with E-state index in [9.17, 15) is 0 Å². The molecule has 1 nitrogen and oxygen atoms in total. The first-order valence-electron chi connectivity index (χ1n) is 3.80. The van der Waals surface area contributed by atoms with Crippen LogP contribution >= 0.6 is 11.8 Å². The highest BCUT2D eigenvalue weighted by Gasteiger charge is 2.50. The molecule has 0 radical (unpaired) electrons. The predicted octanol–water partition coefficient (Wildman–Crippen LogP) is 1.87. The molecule has 1 fully saturated rings. The van der Waals surface area contributed by atoms with Crippen LogP contribution in [0, 0.1) is 5.41 Å². The molecular weight excluding hydrogens is 142 g/mol. The smallest absolute Gasteiger partial charge is 0.0215 e. The topological polar surface area (TPSA) is 26.0 Å². The van der Waals surface area contributed by atoms with E-state index in [0.29, 0.717) is 5.41 Å². The second kappa shape index (κ2) is 2.42. The lowest BCUT2D eigenvalue weighted by molar-refractivity contribution is 0.310. The quantitative estimate of drug-likeness (QED) is 0.680. The molecule has 1 saturated carbocycles. The molecule has 2 N–H and O–H groups in total. The number of hydrogen-bond acceptors (Lipinski definition) is 2. The fourth-order valence-corrected chi connectivity index (χ4v) is 2.33. The van der Waals surface area contributed by atoms with Gasteiger partial charge in [0.05, 0.1) is 0 Å². The van der Waals surface area contributed by atoms with E-state index < -0.39 is 0 Å². The number of nitrogens with two attached hydrogens (primary N) is 1. The zero-order valence-electron chi connectivity index (χ0n) is 7.11. The summed E-state index contributed by atoms with van der Waals surface area (Å²) in [6.07, 6.45) is 4.59. The van der Waals surface area contributed by atoms with E-state index in [2.05, 4.69) is 20.1 Å². The summed E-state index contributed by atoms with van der Waals surface area (Å²) in [6.45, 7) is 4.55. The maximum absolute atomic E-state index is 6.10. The van der Waals surface area contributed by atoms with Gasteiger partial charge in [-0.15, -0.1) is 0 Å². The summed E-state index contributed by atoms with van der Waals surface area (Å²) in [7, 11) is 0. The summed E-state index contributed by atoms with van der Waals surface area (Å²) in [4.78, 5) is 0. The van der Waals surface area contributed by atoms with Crippen molar-refractivity contribution in [1.29, 1.82) is 0 Å². The van der Waals surface area contributed by atoms with Gasteiger partial charge < -0.3 is 5.73 Å². The van der Waals surface area contributed by atoms with Crippen LogP contribution in [0.15, 0.2) is 0 Å². The van der Waals surface area contributed by atoms with Crippen molar-refractivity contribution >= 4 is 11.8 Å². The third-order valence-corrected chi connectivity index (χ3v) is 3.65. The maximum atomic E-state index is 6.10. The highest BCUT2D eigenvalue weighted by Crippen LogP contribution is 2.48. The molecule has 0 bridgehead atoms. The Labute approximate surface area is 67.8 Å². The summed E-state index contributed by atoms with van der Waals surface area (Å²) < 4.78 is 0. The highest BCUT2D eigenvalue weighted by atomic mass is 32.2. The van der Waals surface area contributed by atoms with Gasteiger partial charge in [0.2, 0.25) is 0 Å². The molecule has 0 amide bonds. The van der Waals surface area contributed by atoms with E-state index in [1.165, 1.54) is 18.6 Å². The Kier molecular flexibility index (Phi) is 2.03. The van der Waals surface area contributed by atoms with E-state index in [0.717, 1.165) is 0 Å². The zero-order valence-corrected chi connectivity index (χ0v) is 7.92. The van der Waals surface area contributed by atoms with E-state index in [-0.39, 0.29) is 5.54 Å². The summed E-state index contributed by atoms with van der Waals surface area (Å²) in [5.74, 6) is 1.18. The minimum absolute atomic E-state index is 0.177. The van der Waals surface area contributed by atoms with Crippen LogP contribution in [0.4, 0.5) is 0 Å². The third kappa shape index (κ3) is 1.32. The summed E-state index contributed by atoms with van der Waals surface area (Å²) in [5.41, 5.74) is 6.61. The van der Waals surface area contributed by atoms with Crippen LogP contribution in [0.3, 0.4) is 0 Å². The maximum Gasteiger partial charge on any atom is 0.0215 e. The van der Waals surface area contributed by atoms with Crippen molar-refractivity contribution < 1.29 is 0 Å². The van der Waals surface area contributed by atoms with Crippen molar-refractivity contribution in [3.05, 3.63) is 0 Å². The molecule has 0 aliphatic heterocycles. The Morgan fingerprint density at radius 3 is 2.30 bits per heavy atom. The SMILES string of the molecule is CSCC(C)(C)C1(N)CC1. The average Bonchev–Trinajstić information content (AvgIpc) is 2.49. The van der Waals surface area contributed by atoms with Gasteiger partial charge in [-0.1, -0.05) is 13.8 Å². The van der Waals surface area contributed by atoms with E-state index >= 15 is 0 Å². The molecule has 1 rings (SSSR count). The number of rotatable bonds is 3. The Bertz CT molecular complexity index is 127. The Balaban J connectivity index is 2.50. The minimum atomic E-state index is 0.177. The molecule has 1 aliphatic rings. The zero-order chi connectivity index (χ0) is 7.83. The van der Waals surface area contributed by atoms with Crippen LogP contribution in [-0.2, 0) is 0 Å². The van der Waals surface area contributed by atoms with Crippen LogP contribution in [0.25, 0.3) is 0 Å². The second-order valence-electron chi connectivity index (χ2n) is 3.97. The van der Waals surface area contributed by atoms with Gasteiger partial charge in [-0.2, -0.15) is 11.8 Å². The monoisotopic (exact) mass is 159 g/mol. The Morgan fingerprint density at radius 2 is 2.00 bits per heavy atom. The van der Waals surface area contributed by atoms with Crippen LogP contribution < -0.4 is 5.73 Å². The Morgan fingerprint density at radius 1 is 1.50 bits per heavy atom. The van der Waals surface area contributed by atoms with Crippen LogP contribution in [0.5, 0.6) is 0 Å². The molecule has 60 valence electrons. The fourth-order valence-electron chi connectivity index (χ4n) is 1.32. The van der Waals surface area contributed by atoms with Gasteiger partial charge in [-0.3, -0.25) is 0 Å². The molecule has 10 heavy (non-hydrogen) atoms. The average molecular weight is 159 g/mol. The van der Waals surface area contributed by atoms with Gasteiger partial charge in [-0.25, -0.2) is 0 Å². The van der Waals surface area contributed by atoms with Gasteiger partial charge in [0, 0.05) is 5.54 Å². The lowest BCUT2D eigenvalue weighted by atomic mass is 9.85. The largest absolute Gasteiger partial charge is 0.325 e. The van der Waals surface area contributed by atoms with Gasteiger partial charge in [0.15, 0.2) is 0 Å². The number of thioether (sulfide) groups is 1. The molecular formula is C8H17NS. The fraction of sp³-hybridized carbons (Fsp3) is 1.00. The normalized spacial score (nSPS) is 22.8. The van der Waals surface area contributed by atoms with Gasteiger partial charge >= 0.3 is 0 Å². The minimum Gasteiger partial charge on any atom is -0.325 e. The molecule has 0 heterocycles. The first kappa shape index (κ1) is 8.41. The molecule has 0 unspecified atom stereocenters. The first-order chi connectivity index (χ1) is 4.52. The van der Waals surface area contributed by atoms with Crippen LogP contribution in [-0.4, -0.2) is 17.5 Å². The van der Waals surface area contributed by atoms with Gasteiger partial charge in [-0.05, 0) is 30.3 Å². The predicted molar refractivity (Wildman–Crippen MR) is 48.3 cm³/mol. The van der Waals surface area contributed by atoms with Crippen molar-refractivity contribution in [2.75, 3.05) is 12.0 Å². The van der Waals surface area contributed by atoms with Gasteiger partial charge in [0.25, 0.3) is 0 Å². The van der Waals surface area contributed by atoms with Crippen molar-refractivity contribution in [2.45, 2.75) is 32.2 Å². The van der Waals surface area contributed by atoms with Crippen LogP contribution in [0.2, 0.25) is 0 Å². The van der Waals surface area contributed by atoms with E-state index in [4.69, 9.17) is 5.73 Å².